The van der Waals surface area contributed by atoms with E-state index < -0.39 is 64.2 Å². The number of aliphatic hydroxyl groups is 6. The van der Waals surface area contributed by atoms with Gasteiger partial charge in [0.1, 0.15) is 18.3 Å². The van der Waals surface area contributed by atoms with Crippen molar-refractivity contribution in [2.75, 3.05) is 43.2 Å². The first-order valence-corrected chi connectivity index (χ1v) is 21.5. The molecular formula is C41H65N3O10S. The molecule has 2 aromatic rings. The molecular weight excluding hydrogens is 727 g/mol. The van der Waals surface area contributed by atoms with E-state index in [1.165, 1.54) is 0 Å². The maximum atomic E-state index is 14.0. The van der Waals surface area contributed by atoms with Crippen molar-refractivity contribution in [1.29, 1.82) is 0 Å². The first-order valence-electron chi connectivity index (χ1n) is 19.8. The Hall–Kier alpha value is -3.11. The van der Waals surface area contributed by atoms with E-state index in [0.29, 0.717) is 36.9 Å². The highest BCUT2D eigenvalue weighted by atomic mass is 32.2. The third-order valence-electron chi connectivity index (χ3n) is 11.0. The summed E-state index contributed by atoms with van der Waals surface area (Å²) in [6.45, 7) is 3.49. The summed E-state index contributed by atoms with van der Waals surface area (Å²) in [5, 5.41) is 65.3. The molecule has 0 saturated heterocycles. The molecule has 0 aromatic heterocycles. The summed E-state index contributed by atoms with van der Waals surface area (Å²) < 4.78 is 27.9. The van der Waals surface area contributed by atoms with Crippen LogP contribution in [-0.2, 0) is 19.4 Å². The highest BCUT2D eigenvalue weighted by molar-refractivity contribution is 7.91. The van der Waals surface area contributed by atoms with Crippen LogP contribution in [0.2, 0.25) is 0 Å². The summed E-state index contributed by atoms with van der Waals surface area (Å²) in [4.78, 5) is 27.2. The first kappa shape index (κ1) is 46.3. The van der Waals surface area contributed by atoms with Crippen molar-refractivity contribution < 1.29 is 48.6 Å². The zero-order chi connectivity index (χ0) is 40.8. The SMILES string of the molecule is CCCC[C@@]1(CC)CS(=O)(=O)c2ccc(N(C)C)cc2[C@H](c2cccc(NC(=O)CCCCCCCCCCNC(=O)[C@H](O)[C@H](O)[C@H](O)[C@H](O)CO)c2)[C@@H]1O. The molecule has 14 heteroatoms. The number of unbranched alkanes of at least 4 members (excludes halogenated alkanes) is 8. The van der Waals surface area contributed by atoms with Crippen molar-refractivity contribution in [3.63, 3.8) is 0 Å². The fraction of sp³-hybridized carbons (Fsp3) is 0.659. The second kappa shape index (κ2) is 22.0. The Bertz CT molecular complexity index is 1620. The van der Waals surface area contributed by atoms with E-state index in [9.17, 15) is 43.5 Å². The lowest BCUT2D eigenvalue weighted by molar-refractivity contribution is -0.148. The fourth-order valence-electron chi connectivity index (χ4n) is 7.50. The van der Waals surface area contributed by atoms with E-state index in [4.69, 9.17) is 5.11 Å². The molecule has 3 rings (SSSR count). The zero-order valence-corrected chi connectivity index (χ0v) is 33.8. The molecule has 0 radical (unpaired) electrons. The number of carbonyl (C=O) groups is 2. The number of nitrogens with one attached hydrogen (secondary N) is 2. The van der Waals surface area contributed by atoms with Crippen LogP contribution in [-0.4, -0.2) is 114 Å². The van der Waals surface area contributed by atoms with Crippen molar-refractivity contribution in [2.45, 2.75) is 139 Å². The number of sulfone groups is 1. The largest absolute Gasteiger partial charge is 0.394 e. The predicted octanol–water partition coefficient (Wildman–Crippen LogP) is 3.62. The lowest BCUT2D eigenvalue weighted by Crippen LogP contribution is -2.51. The average Bonchev–Trinajstić information content (AvgIpc) is 3.24. The number of hydrogen-bond donors (Lipinski definition) is 8. The molecule has 0 aliphatic carbocycles. The number of carbonyl (C=O) groups excluding carboxylic acids is 2. The minimum absolute atomic E-state index is 0.110. The second-order valence-electron chi connectivity index (χ2n) is 15.3. The first-order chi connectivity index (χ1) is 26.1. The van der Waals surface area contributed by atoms with Gasteiger partial charge in [0.05, 0.1) is 23.4 Å². The third-order valence-corrected chi connectivity index (χ3v) is 13.0. The number of nitrogens with zero attached hydrogens (tertiary/aromatic N) is 1. The van der Waals surface area contributed by atoms with Gasteiger partial charge in [-0.3, -0.25) is 9.59 Å². The second-order valence-corrected chi connectivity index (χ2v) is 17.3. The topological polar surface area (TPSA) is 217 Å². The Morgan fingerprint density at radius 1 is 0.891 bits per heavy atom. The minimum Gasteiger partial charge on any atom is -0.394 e. The van der Waals surface area contributed by atoms with E-state index in [1.807, 2.05) is 56.3 Å². The van der Waals surface area contributed by atoms with Gasteiger partial charge in [0.15, 0.2) is 15.9 Å². The van der Waals surface area contributed by atoms with Crippen LogP contribution < -0.4 is 15.5 Å². The van der Waals surface area contributed by atoms with Gasteiger partial charge in [0, 0.05) is 49.8 Å². The Morgan fingerprint density at radius 2 is 1.55 bits per heavy atom. The molecule has 0 saturated carbocycles. The predicted molar refractivity (Wildman–Crippen MR) is 214 cm³/mol. The number of amides is 2. The monoisotopic (exact) mass is 791 g/mol. The summed E-state index contributed by atoms with van der Waals surface area (Å²) in [7, 11) is 0.0905. The highest BCUT2D eigenvalue weighted by Crippen LogP contribution is 2.49. The Kier molecular flexibility index (Phi) is 18.5. The van der Waals surface area contributed by atoms with Gasteiger partial charge < -0.3 is 46.2 Å². The van der Waals surface area contributed by atoms with Crippen LogP contribution in [0.1, 0.15) is 114 Å². The van der Waals surface area contributed by atoms with Crippen LogP contribution in [0.25, 0.3) is 0 Å². The van der Waals surface area contributed by atoms with E-state index >= 15 is 0 Å². The Morgan fingerprint density at radius 3 is 2.16 bits per heavy atom. The van der Waals surface area contributed by atoms with Crippen molar-refractivity contribution >= 4 is 33.0 Å². The molecule has 0 unspecified atom stereocenters. The van der Waals surface area contributed by atoms with Crippen LogP contribution >= 0.6 is 0 Å². The van der Waals surface area contributed by atoms with Crippen LogP contribution in [0.5, 0.6) is 0 Å². The number of hydrogen-bond acceptors (Lipinski definition) is 11. The van der Waals surface area contributed by atoms with E-state index in [2.05, 4.69) is 17.6 Å². The molecule has 310 valence electrons. The lowest BCUT2D eigenvalue weighted by Gasteiger charge is -2.39. The summed E-state index contributed by atoms with van der Waals surface area (Å²) in [6, 6.07) is 12.8. The van der Waals surface area contributed by atoms with Gasteiger partial charge in [0.25, 0.3) is 5.91 Å². The summed E-state index contributed by atoms with van der Waals surface area (Å²) in [5.74, 6) is -1.71. The zero-order valence-electron chi connectivity index (χ0n) is 33.0. The van der Waals surface area contributed by atoms with Crippen LogP contribution in [0.4, 0.5) is 11.4 Å². The molecule has 0 bridgehead atoms. The smallest absolute Gasteiger partial charge is 0.251 e. The van der Waals surface area contributed by atoms with Crippen molar-refractivity contribution in [3.8, 4) is 0 Å². The standard InChI is InChI=1S/C41H65N3O10S/c1-5-7-22-41(6-2)27-55(53,54)33-21-20-30(44(3)4)25-31(33)35(39(41)51)28-17-16-18-29(24-28)43-34(47)19-14-12-10-8-9-11-13-15-23-42-40(52)38(50)37(49)36(48)32(46)26-45/h16-18,20-21,24-25,32,35-39,45-46,48-51H,5-15,19,22-23,26-27H2,1-4H3,(H,42,52)(H,43,47)/t32-,35+,36-,37-,38-,39+,41+/m1/s1. The van der Waals surface area contributed by atoms with Gasteiger partial charge in [0.2, 0.25) is 5.91 Å². The third kappa shape index (κ3) is 12.7. The number of benzene rings is 2. The summed E-state index contributed by atoms with van der Waals surface area (Å²) >= 11 is 0. The Labute approximate surface area is 327 Å². The minimum atomic E-state index is -3.71. The van der Waals surface area contributed by atoms with E-state index in [-0.39, 0.29) is 23.1 Å². The molecule has 0 spiro atoms. The maximum Gasteiger partial charge on any atom is 0.251 e. The van der Waals surface area contributed by atoms with Crippen molar-refractivity contribution in [2.24, 2.45) is 5.41 Å². The highest BCUT2D eigenvalue weighted by Gasteiger charge is 2.49. The number of rotatable bonds is 23. The summed E-state index contributed by atoms with van der Waals surface area (Å²) in [6.07, 6.45) is 1.85. The molecule has 1 aliphatic rings. The molecule has 1 heterocycles. The molecule has 2 aromatic carbocycles. The van der Waals surface area contributed by atoms with Gasteiger partial charge in [-0.25, -0.2) is 8.42 Å². The number of anilines is 2. The van der Waals surface area contributed by atoms with Gasteiger partial charge >= 0.3 is 0 Å². The van der Waals surface area contributed by atoms with Crippen LogP contribution in [0, 0.1) is 5.41 Å². The molecule has 13 nitrogen and oxygen atoms in total. The van der Waals surface area contributed by atoms with E-state index in [0.717, 1.165) is 69.0 Å². The van der Waals surface area contributed by atoms with E-state index in [1.54, 1.807) is 12.1 Å². The normalized spacial score (nSPS) is 21.4. The maximum absolute atomic E-state index is 14.0. The van der Waals surface area contributed by atoms with Crippen molar-refractivity contribution in [1.82, 2.24) is 5.32 Å². The number of fused-ring (bicyclic) bond motifs is 1. The molecule has 1 aliphatic heterocycles. The van der Waals surface area contributed by atoms with Crippen LogP contribution in [0.3, 0.4) is 0 Å². The van der Waals surface area contributed by atoms with Crippen molar-refractivity contribution in [3.05, 3.63) is 53.6 Å². The fourth-order valence-corrected chi connectivity index (χ4v) is 9.75. The average molecular weight is 792 g/mol. The van der Waals surface area contributed by atoms with Crippen LogP contribution in [0.15, 0.2) is 47.4 Å². The molecule has 0 fully saturated rings. The van der Waals surface area contributed by atoms with Gasteiger partial charge in [-0.15, -0.1) is 0 Å². The van der Waals surface area contributed by atoms with Gasteiger partial charge in [-0.1, -0.05) is 77.3 Å². The summed E-state index contributed by atoms with van der Waals surface area (Å²) in [5.41, 5.74) is 1.94. The quantitative estimate of drug-likeness (QED) is 0.0761. The van der Waals surface area contributed by atoms with Gasteiger partial charge in [-0.2, -0.15) is 0 Å². The molecule has 7 atom stereocenters. The molecule has 8 N–H and O–H groups in total. The van der Waals surface area contributed by atoms with Gasteiger partial charge in [-0.05, 0) is 67.1 Å². The number of aliphatic hydroxyl groups excluding tert-OH is 6. The Balaban J connectivity index is 1.51. The molecule has 55 heavy (non-hydrogen) atoms. The molecule has 2 amide bonds. The lowest BCUT2D eigenvalue weighted by atomic mass is 9.69.